The minimum absolute atomic E-state index is 0.0984. The van der Waals surface area contributed by atoms with Crippen molar-refractivity contribution in [2.75, 3.05) is 6.61 Å². The van der Waals surface area contributed by atoms with Crippen molar-refractivity contribution in [1.82, 2.24) is 5.43 Å². The van der Waals surface area contributed by atoms with E-state index in [4.69, 9.17) is 9.15 Å². The number of nitrogens with one attached hydrogen (secondary N) is 1. The molecule has 0 radical (unpaired) electrons. The van der Waals surface area contributed by atoms with Gasteiger partial charge in [0.15, 0.2) is 6.61 Å². The molecule has 0 fully saturated rings. The van der Waals surface area contributed by atoms with Gasteiger partial charge < -0.3 is 9.15 Å². The number of halogens is 1. The quantitative estimate of drug-likeness (QED) is 0.665. The molecule has 0 aliphatic carbocycles. The molecular weight excluding hydrogens is 336 g/mol. The number of amides is 1. The molecule has 1 heterocycles. The van der Waals surface area contributed by atoms with Gasteiger partial charge in [-0.05, 0) is 49.2 Å². The van der Waals surface area contributed by atoms with E-state index in [1.165, 1.54) is 12.5 Å². The summed E-state index contributed by atoms with van der Waals surface area (Å²) in [6.07, 6.45) is 2.96. The van der Waals surface area contributed by atoms with Crippen LogP contribution in [0.2, 0.25) is 0 Å². The molecule has 0 saturated carbocycles. The van der Waals surface area contributed by atoms with Crippen molar-refractivity contribution in [2.45, 2.75) is 13.8 Å². The molecule has 110 valence electrons. The normalized spacial score (nSPS) is 10.8. The second kappa shape index (κ2) is 7.08. The summed E-state index contributed by atoms with van der Waals surface area (Å²) in [7, 11) is 0. The summed E-state index contributed by atoms with van der Waals surface area (Å²) in [5.41, 5.74) is 4.31. The van der Waals surface area contributed by atoms with E-state index in [0.29, 0.717) is 11.5 Å². The van der Waals surface area contributed by atoms with E-state index in [1.807, 2.05) is 26.0 Å². The lowest BCUT2D eigenvalue weighted by Gasteiger charge is -2.11. The summed E-state index contributed by atoms with van der Waals surface area (Å²) < 4.78 is 11.6. The molecule has 0 aliphatic heterocycles. The zero-order valence-electron chi connectivity index (χ0n) is 11.7. The largest absolute Gasteiger partial charge is 0.483 e. The predicted octanol–water partition coefficient (Wildman–Crippen LogP) is 3.19. The number of carbonyl (C=O) groups excluding carboxylic acids is 1. The number of benzene rings is 1. The molecule has 0 bridgehead atoms. The third kappa shape index (κ3) is 4.46. The number of rotatable bonds is 5. The highest BCUT2D eigenvalue weighted by Gasteiger charge is 2.08. The lowest BCUT2D eigenvalue weighted by Crippen LogP contribution is -2.25. The Bertz CT molecular complexity index is 628. The standard InChI is InChI=1S/C15H15BrN2O3/c1-10-6-12(16)7-11(2)15(10)21-9-14(19)18-17-8-13-4-3-5-20-13/h3-8H,9H2,1-2H3,(H,18,19)/b17-8-. The van der Waals surface area contributed by atoms with Crippen LogP contribution >= 0.6 is 15.9 Å². The molecule has 6 heteroatoms. The summed E-state index contributed by atoms with van der Waals surface area (Å²) in [6.45, 7) is 3.76. The molecule has 5 nitrogen and oxygen atoms in total. The molecule has 2 aromatic rings. The Morgan fingerprint density at radius 2 is 2.14 bits per heavy atom. The molecule has 0 spiro atoms. The first-order valence-corrected chi connectivity index (χ1v) is 7.10. The van der Waals surface area contributed by atoms with E-state index in [2.05, 4.69) is 26.5 Å². The highest BCUT2D eigenvalue weighted by atomic mass is 79.9. The van der Waals surface area contributed by atoms with Gasteiger partial charge in [-0.2, -0.15) is 5.10 Å². The number of nitrogens with zero attached hydrogens (tertiary/aromatic N) is 1. The Morgan fingerprint density at radius 3 is 2.76 bits per heavy atom. The smallest absolute Gasteiger partial charge is 0.277 e. The minimum atomic E-state index is -0.334. The van der Waals surface area contributed by atoms with Crippen molar-refractivity contribution in [3.63, 3.8) is 0 Å². The van der Waals surface area contributed by atoms with Gasteiger partial charge in [0.25, 0.3) is 5.91 Å². The number of ether oxygens (including phenoxy) is 1. The average molecular weight is 351 g/mol. The van der Waals surface area contributed by atoms with E-state index in [0.717, 1.165) is 15.6 Å². The molecule has 21 heavy (non-hydrogen) atoms. The molecule has 0 saturated heterocycles. The van der Waals surface area contributed by atoms with Gasteiger partial charge in [-0.1, -0.05) is 15.9 Å². The highest BCUT2D eigenvalue weighted by Crippen LogP contribution is 2.27. The van der Waals surface area contributed by atoms with E-state index in [9.17, 15) is 4.79 Å². The van der Waals surface area contributed by atoms with Crippen LogP contribution in [0.15, 0.2) is 44.5 Å². The molecule has 0 atom stereocenters. The maximum Gasteiger partial charge on any atom is 0.277 e. The van der Waals surface area contributed by atoms with E-state index in [1.54, 1.807) is 12.1 Å². The van der Waals surface area contributed by atoms with Gasteiger partial charge in [0.05, 0.1) is 12.5 Å². The maximum atomic E-state index is 11.6. The SMILES string of the molecule is Cc1cc(Br)cc(C)c1OCC(=O)N/N=C\c1ccco1. The summed E-state index contributed by atoms with van der Waals surface area (Å²) in [5.74, 6) is 0.943. The van der Waals surface area contributed by atoms with Crippen LogP contribution in [0, 0.1) is 13.8 Å². The Kier molecular flexibility index (Phi) is 5.16. The van der Waals surface area contributed by atoms with E-state index < -0.39 is 0 Å². The van der Waals surface area contributed by atoms with Gasteiger partial charge in [-0.3, -0.25) is 4.79 Å². The summed E-state index contributed by atoms with van der Waals surface area (Å²) in [4.78, 5) is 11.6. The topological polar surface area (TPSA) is 63.8 Å². The maximum absolute atomic E-state index is 11.6. The van der Waals surface area contributed by atoms with Crippen LogP contribution in [0.5, 0.6) is 5.75 Å². The average Bonchev–Trinajstić information content (AvgIpc) is 2.90. The fraction of sp³-hybridized carbons (Fsp3) is 0.200. The van der Waals surface area contributed by atoms with Crippen molar-refractivity contribution in [3.05, 3.63) is 51.9 Å². The second-order valence-corrected chi connectivity index (χ2v) is 5.38. The molecule has 1 aromatic heterocycles. The first kappa shape index (κ1) is 15.3. The van der Waals surface area contributed by atoms with Gasteiger partial charge in [0.2, 0.25) is 0 Å². The van der Waals surface area contributed by atoms with Crippen LogP contribution in [0.4, 0.5) is 0 Å². The van der Waals surface area contributed by atoms with Crippen LogP contribution in [0.25, 0.3) is 0 Å². The summed E-state index contributed by atoms with van der Waals surface area (Å²) in [6, 6.07) is 7.36. The molecule has 0 aliphatic rings. The molecule has 1 aromatic carbocycles. The lowest BCUT2D eigenvalue weighted by molar-refractivity contribution is -0.123. The predicted molar refractivity (Wildman–Crippen MR) is 83.6 cm³/mol. The minimum Gasteiger partial charge on any atom is -0.483 e. The molecule has 2 rings (SSSR count). The van der Waals surface area contributed by atoms with Crippen molar-refractivity contribution >= 4 is 28.1 Å². The van der Waals surface area contributed by atoms with Crippen molar-refractivity contribution in [2.24, 2.45) is 5.10 Å². The third-order valence-corrected chi connectivity index (χ3v) is 3.15. The third-order valence-electron chi connectivity index (χ3n) is 2.70. The van der Waals surface area contributed by atoms with Crippen molar-refractivity contribution < 1.29 is 13.9 Å². The van der Waals surface area contributed by atoms with Crippen LogP contribution in [0.3, 0.4) is 0 Å². The fourth-order valence-electron chi connectivity index (χ4n) is 1.83. The Labute approximate surface area is 131 Å². The van der Waals surface area contributed by atoms with Crippen molar-refractivity contribution in [3.8, 4) is 5.75 Å². The molecular formula is C15H15BrN2O3. The number of aryl methyl sites for hydroxylation is 2. The highest BCUT2D eigenvalue weighted by molar-refractivity contribution is 9.10. The molecule has 1 amide bonds. The number of furan rings is 1. The fourth-order valence-corrected chi connectivity index (χ4v) is 2.51. The van der Waals surface area contributed by atoms with E-state index in [-0.39, 0.29) is 12.5 Å². The Balaban J connectivity index is 1.87. The van der Waals surface area contributed by atoms with E-state index >= 15 is 0 Å². The van der Waals surface area contributed by atoms with Gasteiger partial charge in [0.1, 0.15) is 11.5 Å². The van der Waals surface area contributed by atoms with Crippen LogP contribution in [-0.2, 0) is 4.79 Å². The van der Waals surface area contributed by atoms with Gasteiger partial charge in [-0.15, -0.1) is 0 Å². The van der Waals surface area contributed by atoms with Crippen LogP contribution in [0.1, 0.15) is 16.9 Å². The number of carbonyl (C=O) groups is 1. The second-order valence-electron chi connectivity index (χ2n) is 4.47. The number of hydrogen-bond donors (Lipinski definition) is 1. The van der Waals surface area contributed by atoms with Gasteiger partial charge in [0, 0.05) is 4.47 Å². The monoisotopic (exact) mass is 350 g/mol. The van der Waals surface area contributed by atoms with Crippen LogP contribution in [-0.4, -0.2) is 18.7 Å². The summed E-state index contributed by atoms with van der Waals surface area (Å²) >= 11 is 3.42. The molecule has 1 N–H and O–H groups in total. The number of hydrazone groups is 1. The van der Waals surface area contributed by atoms with Gasteiger partial charge >= 0.3 is 0 Å². The van der Waals surface area contributed by atoms with Crippen molar-refractivity contribution in [1.29, 1.82) is 0 Å². The first-order valence-electron chi connectivity index (χ1n) is 6.31. The summed E-state index contributed by atoms with van der Waals surface area (Å²) in [5, 5.41) is 3.78. The first-order chi connectivity index (χ1) is 10.1. The zero-order valence-corrected chi connectivity index (χ0v) is 13.3. The lowest BCUT2D eigenvalue weighted by atomic mass is 10.1. The molecule has 0 unspecified atom stereocenters. The van der Waals surface area contributed by atoms with Gasteiger partial charge in [-0.25, -0.2) is 5.43 Å². The Hall–Kier alpha value is -2.08. The Morgan fingerprint density at radius 1 is 1.43 bits per heavy atom. The van der Waals surface area contributed by atoms with Crippen LogP contribution < -0.4 is 10.2 Å². The zero-order chi connectivity index (χ0) is 15.2. The number of hydrogen-bond acceptors (Lipinski definition) is 4.